The van der Waals surface area contributed by atoms with Crippen LogP contribution >= 0.6 is 0 Å². The lowest BCUT2D eigenvalue weighted by Gasteiger charge is -2.21. The van der Waals surface area contributed by atoms with E-state index in [0.29, 0.717) is 19.8 Å². The van der Waals surface area contributed by atoms with Crippen LogP contribution < -0.4 is 15.6 Å². The number of benzene rings is 1. The lowest BCUT2D eigenvalue weighted by molar-refractivity contribution is 0.180. The van der Waals surface area contributed by atoms with Gasteiger partial charge in [0.2, 0.25) is 0 Å². The van der Waals surface area contributed by atoms with Crippen LogP contribution in [-0.4, -0.2) is 36.1 Å². The first-order chi connectivity index (χ1) is 12.3. The van der Waals surface area contributed by atoms with Crippen molar-refractivity contribution < 1.29 is 9.47 Å². The minimum absolute atomic E-state index is 0.0276. The predicted molar refractivity (Wildman–Crippen MR) is 94.0 cm³/mol. The highest BCUT2D eigenvalue weighted by Crippen LogP contribution is 2.23. The molecule has 1 aliphatic carbocycles. The molecule has 1 aliphatic heterocycles. The Morgan fingerprint density at radius 2 is 2.20 bits per heavy atom. The van der Waals surface area contributed by atoms with E-state index in [-0.39, 0.29) is 17.6 Å². The van der Waals surface area contributed by atoms with Crippen molar-refractivity contribution in [2.24, 2.45) is 0 Å². The van der Waals surface area contributed by atoms with E-state index in [0.717, 1.165) is 41.8 Å². The first kappa shape index (κ1) is 16.3. The third-order valence-corrected chi connectivity index (χ3v) is 5.09. The van der Waals surface area contributed by atoms with Gasteiger partial charge >= 0.3 is 0 Å². The number of methoxy groups -OCH3 is 1. The van der Waals surface area contributed by atoms with Crippen LogP contribution in [0.2, 0.25) is 0 Å². The SMILES string of the molecule is COc1ccccc1CNC1COCC1n1nc2c(cc1=O)CCC2. The van der Waals surface area contributed by atoms with Gasteiger partial charge < -0.3 is 14.8 Å². The molecule has 0 spiro atoms. The topological polar surface area (TPSA) is 65.4 Å². The van der Waals surface area contributed by atoms with Crippen LogP contribution in [0.1, 0.15) is 29.3 Å². The molecule has 6 heteroatoms. The number of ether oxygens (including phenoxy) is 2. The molecule has 2 aliphatic rings. The molecule has 2 aromatic rings. The second-order valence-corrected chi connectivity index (χ2v) is 6.66. The summed E-state index contributed by atoms with van der Waals surface area (Å²) in [5.41, 5.74) is 3.24. The van der Waals surface area contributed by atoms with E-state index < -0.39 is 0 Å². The van der Waals surface area contributed by atoms with Crippen molar-refractivity contribution >= 4 is 0 Å². The molecule has 0 saturated carbocycles. The molecule has 1 N–H and O–H groups in total. The number of hydrogen-bond donors (Lipinski definition) is 1. The second-order valence-electron chi connectivity index (χ2n) is 6.66. The minimum Gasteiger partial charge on any atom is -0.496 e. The number of aryl methyl sites for hydroxylation is 2. The molecule has 132 valence electrons. The van der Waals surface area contributed by atoms with Gasteiger partial charge in [0.15, 0.2) is 0 Å². The van der Waals surface area contributed by atoms with Crippen LogP contribution in [0.4, 0.5) is 0 Å². The summed E-state index contributed by atoms with van der Waals surface area (Å²) in [6.45, 7) is 1.74. The van der Waals surface area contributed by atoms with E-state index in [1.54, 1.807) is 17.9 Å². The van der Waals surface area contributed by atoms with Gasteiger partial charge in [0.25, 0.3) is 5.56 Å². The van der Waals surface area contributed by atoms with Crippen molar-refractivity contribution in [2.45, 2.75) is 37.9 Å². The summed E-state index contributed by atoms with van der Waals surface area (Å²) in [6.07, 6.45) is 3.01. The molecule has 0 bridgehead atoms. The third-order valence-electron chi connectivity index (χ3n) is 5.09. The van der Waals surface area contributed by atoms with Gasteiger partial charge in [-0.25, -0.2) is 4.68 Å². The highest BCUT2D eigenvalue weighted by molar-refractivity contribution is 5.33. The third kappa shape index (κ3) is 3.19. The van der Waals surface area contributed by atoms with E-state index in [1.807, 2.05) is 24.3 Å². The summed E-state index contributed by atoms with van der Waals surface area (Å²) in [6, 6.07) is 9.67. The molecule has 6 nitrogen and oxygen atoms in total. The molecule has 4 rings (SSSR count). The first-order valence-corrected chi connectivity index (χ1v) is 8.81. The van der Waals surface area contributed by atoms with Gasteiger partial charge in [0.1, 0.15) is 5.75 Å². The van der Waals surface area contributed by atoms with E-state index >= 15 is 0 Å². The molecule has 2 unspecified atom stereocenters. The molecule has 2 atom stereocenters. The highest BCUT2D eigenvalue weighted by Gasteiger charge is 2.32. The fraction of sp³-hybridized carbons (Fsp3) is 0.474. The Hall–Kier alpha value is -2.18. The average Bonchev–Trinajstić information content (AvgIpc) is 3.27. The largest absolute Gasteiger partial charge is 0.496 e. The maximum atomic E-state index is 12.5. The maximum absolute atomic E-state index is 12.5. The Morgan fingerprint density at radius 3 is 3.08 bits per heavy atom. The molecular weight excluding hydrogens is 318 g/mol. The number of fused-ring (bicyclic) bond motifs is 1. The number of aromatic nitrogens is 2. The number of nitrogens with one attached hydrogen (secondary N) is 1. The van der Waals surface area contributed by atoms with Crippen LogP contribution in [0.5, 0.6) is 5.75 Å². The molecule has 1 aromatic heterocycles. The van der Waals surface area contributed by atoms with E-state index in [9.17, 15) is 4.79 Å². The van der Waals surface area contributed by atoms with Gasteiger partial charge in [-0.1, -0.05) is 18.2 Å². The quantitative estimate of drug-likeness (QED) is 0.892. The number of para-hydroxylation sites is 1. The maximum Gasteiger partial charge on any atom is 0.267 e. The van der Waals surface area contributed by atoms with Crippen LogP contribution in [0.3, 0.4) is 0 Å². The molecule has 2 heterocycles. The summed E-state index contributed by atoms with van der Waals surface area (Å²) in [7, 11) is 1.67. The van der Waals surface area contributed by atoms with Crippen LogP contribution in [0, 0.1) is 0 Å². The van der Waals surface area contributed by atoms with Gasteiger partial charge in [-0.2, -0.15) is 5.10 Å². The van der Waals surface area contributed by atoms with Gasteiger partial charge in [0.05, 0.1) is 38.1 Å². The Bertz CT molecular complexity index is 818. The Morgan fingerprint density at radius 1 is 1.32 bits per heavy atom. The highest BCUT2D eigenvalue weighted by atomic mass is 16.5. The lowest BCUT2D eigenvalue weighted by atomic mass is 10.1. The fourth-order valence-corrected chi connectivity index (χ4v) is 3.72. The molecule has 1 aromatic carbocycles. The smallest absolute Gasteiger partial charge is 0.267 e. The molecular formula is C19H23N3O3. The Labute approximate surface area is 146 Å². The van der Waals surface area contributed by atoms with Crippen molar-refractivity contribution in [3.05, 3.63) is 57.5 Å². The fourth-order valence-electron chi connectivity index (χ4n) is 3.72. The molecule has 0 amide bonds. The van der Waals surface area contributed by atoms with Crippen LogP contribution in [0.15, 0.2) is 35.1 Å². The summed E-state index contributed by atoms with van der Waals surface area (Å²) in [5.74, 6) is 0.860. The molecule has 1 saturated heterocycles. The van der Waals surface area contributed by atoms with E-state index in [1.165, 1.54) is 0 Å². The lowest BCUT2D eigenvalue weighted by Crippen LogP contribution is -2.41. The Kier molecular flexibility index (Phi) is 4.55. The van der Waals surface area contributed by atoms with Gasteiger partial charge in [-0.3, -0.25) is 4.79 Å². The van der Waals surface area contributed by atoms with E-state index in [2.05, 4.69) is 10.4 Å². The second kappa shape index (κ2) is 6.98. The molecule has 0 radical (unpaired) electrons. The predicted octanol–water partition coefficient (Wildman–Crippen LogP) is 1.47. The zero-order valence-electron chi connectivity index (χ0n) is 14.4. The van der Waals surface area contributed by atoms with Gasteiger partial charge in [-0.15, -0.1) is 0 Å². The summed E-state index contributed by atoms with van der Waals surface area (Å²) in [5, 5.41) is 8.14. The number of hydrogen-bond acceptors (Lipinski definition) is 5. The van der Waals surface area contributed by atoms with Crippen molar-refractivity contribution in [3.63, 3.8) is 0 Å². The normalized spacial score (nSPS) is 22.1. The van der Waals surface area contributed by atoms with Crippen LogP contribution in [0.25, 0.3) is 0 Å². The zero-order valence-corrected chi connectivity index (χ0v) is 14.4. The Balaban J connectivity index is 1.52. The summed E-state index contributed by atoms with van der Waals surface area (Å²) < 4.78 is 12.7. The average molecular weight is 341 g/mol. The minimum atomic E-state index is -0.0758. The van der Waals surface area contributed by atoms with Crippen molar-refractivity contribution in [1.29, 1.82) is 0 Å². The summed E-state index contributed by atoms with van der Waals surface area (Å²) >= 11 is 0. The van der Waals surface area contributed by atoms with Gasteiger partial charge in [0, 0.05) is 18.2 Å². The van der Waals surface area contributed by atoms with E-state index in [4.69, 9.17) is 9.47 Å². The van der Waals surface area contributed by atoms with Gasteiger partial charge in [-0.05, 0) is 30.9 Å². The summed E-state index contributed by atoms with van der Waals surface area (Å²) in [4.78, 5) is 12.5. The zero-order chi connectivity index (χ0) is 17.2. The molecule has 1 fully saturated rings. The number of nitrogens with zero attached hydrogens (tertiary/aromatic N) is 2. The van der Waals surface area contributed by atoms with Crippen LogP contribution in [-0.2, 0) is 24.1 Å². The van der Waals surface area contributed by atoms with Crippen molar-refractivity contribution in [1.82, 2.24) is 15.1 Å². The number of rotatable bonds is 5. The van der Waals surface area contributed by atoms with Crippen molar-refractivity contribution in [3.8, 4) is 5.75 Å². The first-order valence-electron chi connectivity index (χ1n) is 8.81. The standard InChI is InChI=1S/C19H23N3O3/c1-24-18-8-3-2-5-14(18)10-20-16-11-25-12-17(16)22-19(23)9-13-6-4-7-15(13)21-22/h2-3,5,8-9,16-17,20H,4,6-7,10-12H2,1H3. The monoisotopic (exact) mass is 341 g/mol. The van der Waals surface area contributed by atoms with Crippen molar-refractivity contribution in [2.75, 3.05) is 20.3 Å². The molecule has 25 heavy (non-hydrogen) atoms.